The average molecular weight is 348 g/mol. The van der Waals surface area contributed by atoms with Gasteiger partial charge in [0.25, 0.3) is 0 Å². The Bertz CT molecular complexity index is 307. The second kappa shape index (κ2) is 21.4. The van der Waals surface area contributed by atoms with Crippen LogP contribution in [-0.2, 0) is 14.4 Å². The molecule has 7 heteroatoms. The normalized spacial score (nSPS) is 9.00. The number of amides is 3. The molecule has 0 aromatic carbocycles. The number of rotatable bonds is 11. The number of unbranched alkanes of at least 4 members (excludes halogenated alkanes) is 4. The maximum atomic E-state index is 10.7. The van der Waals surface area contributed by atoms with Gasteiger partial charge >= 0.3 is 0 Å². The van der Waals surface area contributed by atoms with Crippen molar-refractivity contribution in [1.82, 2.24) is 16.0 Å². The lowest BCUT2D eigenvalue weighted by Crippen LogP contribution is -2.20. The monoisotopic (exact) mass is 347 g/mol. The van der Waals surface area contributed by atoms with Crippen molar-refractivity contribution < 1.29 is 19.5 Å². The number of nitrogens with one attached hydrogen (secondary N) is 3. The highest BCUT2D eigenvalue weighted by atomic mass is 16.3. The fourth-order valence-corrected chi connectivity index (χ4v) is 1.71. The summed E-state index contributed by atoms with van der Waals surface area (Å²) >= 11 is 0. The minimum Gasteiger partial charge on any atom is -0.396 e. The summed E-state index contributed by atoms with van der Waals surface area (Å²) in [6, 6.07) is 0. The Hall–Kier alpha value is -1.63. The van der Waals surface area contributed by atoms with Crippen molar-refractivity contribution in [3.8, 4) is 0 Å². The van der Waals surface area contributed by atoms with Crippen LogP contribution in [0.1, 0.15) is 65.2 Å². The molecule has 0 rings (SSSR count). The summed E-state index contributed by atoms with van der Waals surface area (Å²) in [6.45, 7) is 0.287. The second-order valence-electron chi connectivity index (χ2n) is 5.11. The molecule has 0 fully saturated rings. The fraction of sp³-hybridized carbons (Fsp3) is 0.824. The van der Waals surface area contributed by atoms with Crippen LogP contribution in [0.15, 0.2) is 0 Å². The molecule has 0 saturated carbocycles. The molecule has 0 aliphatic heterocycles. The summed E-state index contributed by atoms with van der Waals surface area (Å²) in [6.07, 6.45) is 7.23. The highest BCUT2D eigenvalue weighted by Crippen LogP contribution is 2.04. The van der Waals surface area contributed by atoms with Crippen molar-refractivity contribution in [2.24, 2.45) is 0 Å². The van der Waals surface area contributed by atoms with Gasteiger partial charge in [0, 0.05) is 47.0 Å². The van der Waals surface area contributed by atoms with Crippen LogP contribution < -0.4 is 16.0 Å². The van der Waals surface area contributed by atoms with Crippen LogP contribution in [-0.4, -0.2) is 50.6 Å². The average Bonchev–Trinajstić information content (AvgIpc) is 2.57. The smallest absolute Gasteiger partial charge is 0.219 e. The van der Waals surface area contributed by atoms with E-state index in [2.05, 4.69) is 16.0 Å². The summed E-state index contributed by atoms with van der Waals surface area (Å²) in [7, 11) is 4.83. The van der Waals surface area contributed by atoms with Gasteiger partial charge < -0.3 is 21.1 Å². The maximum absolute atomic E-state index is 10.7. The fourth-order valence-electron chi connectivity index (χ4n) is 1.71. The molecule has 4 N–H and O–H groups in total. The van der Waals surface area contributed by atoms with Crippen LogP contribution in [0.5, 0.6) is 0 Å². The summed E-state index contributed by atoms with van der Waals surface area (Å²) in [5.74, 6) is 0.0833. The van der Waals surface area contributed by atoms with Gasteiger partial charge in [-0.05, 0) is 19.3 Å². The Morgan fingerprint density at radius 3 is 1.33 bits per heavy atom. The molecule has 3 amide bonds. The van der Waals surface area contributed by atoms with Crippen LogP contribution in [0.4, 0.5) is 0 Å². The van der Waals surface area contributed by atoms with Gasteiger partial charge in [0.2, 0.25) is 17.7 Å². The Morgan fingerprint density at radius 2 is 0.958 bits per heavy atom. The van der Waals surface area contributed by atoms with Gasteiger partial charge in [0.1, 0.15) is 0 Å². The molecule has 0 unspecified atom stereocenters. The van der Waals surface area contributed by atoms with E-state index in [9.17, 15) is 14.4 Å². The first-order valence-electron chi connectivity index (χ1n) is 8.24. The number of carbonyl (C=O) groups is 3. The van der Waals surface area contributed by atoms with Crippen molar-refractivity contribution in [3.63, 3.8) is 0 Å². The van der Waals surface area contributed by atoms with E-state index in [1.165, 1.54) is 0 Å². The van der Waals surface area contributed by atoms with Gasteiger partial charge in [-0.2, -0.15) is 0 Å². The van der Waals surface area contributed by atoms with E-state index in [4.69, 9.17) is 5.11 Å². The van der Waals surface area contributed by atoms with Crippen LogP contribution in [0.25, 0.3) is 0 Å². The topological polar surface area (TPSA) is 108 Å². The van der Waals surface area contributed by atoms with Crippen molar-refractivity contribution in [3.05, 3.63) is 0 Å². The first-order chi connectivity index (χ1) is 11.0. The van der Waals surface area contributed by atoms with Gasteiger partial charge in [0.05, 0.1) is 0 Å². The summed E-state index contributed by atoms with van der Waals surface area (Å²) < 4.78 is 0. The van der Waals surface area contributed by atoms with Gasteiger partial charge in [-0.3, -0.25) is 14.4 Å². The first kappa shape index (κ1) is 27.2. The molecule has 0 aliphatic carbocycles. The Kier molecular flexibility index (Phi) is 24.2. The Labute approximate surface area is 147 Å². The number of carbonyl (C=O) groups excluding carboxylic acids is 3. The third kappa shape index (κ3) is 22.6. The van der Waals surface area contributed by atoms with E-state index in [-0.39, 0.29) is 31.8 Å². The highest BCUT2D eigenvalue weighted by molar-refractivity contribution is 5.78. The third-order valence-electron chi connectivity index (χ3n) is 3.21. The zero-order valence-corrected chi connectivity index (χ0v) is 14.7. The zero-order valence-electron chi connectivity index (χ0n) is 14.7. The van der Waals surface area contributed by atoms with Crippen molar-refractivity contribution in [1.29, 1.82) is 0 Å². The molecule has 0 aliphatic rings. The maximum Gasteiger partial charge on any atom is 0.219 e. The van der Waals surface area contributed by atoms with Gasteiger partial charge in [-0.25, -0.2) is 0 Å². The molecular formula is C17H37N3O4. The van der Waals surface area contributed by atoms with Crippen molar-refractivity contribution in [2.45, 2.75) is 65.2 Å². The lowest BCUT2D eigenvalue weighted by atomic mass is 10.1. The largest absolute Gasteiger partial charge is 0.396 e. The minimum atomic E-state index is -0.0195. The third-order valence-corrected chi connectivity index (χ3v) is 3.21. The lowest BCUT2D eigenvalue weighted by molar-refractivity contribution is -0.122. The molecule has 0 aromatic heterocycles. The Balaban J connectivity index is -0.000000354. The molecule has 24 heavy (non-hydrogen) atoms. The molecule has 144 valence electrons. The highest BCUT2D eigenvalue weighted by Gasteiger charge is 2.00. The molecule has 0 radical (unpaired) electrons. The minimum absolute atomic E-state index is 0. The number of aliphatic hydroxyl groups is 1. The molecular weight excluding hydrogens is 310 g/mol. The molecule has 7 nitrogen and oxygen atoms in total. The molecule has 0 spiro atoms. The molecule has 0 heterocycles. The second-order valence-corrected chi connectivity index (χ2v) is 5.11. The van der Waals surface area contributed by atoms with Crippen molar-refractivity contribution >= 4 is 17.7 Å². The van der Waals surface area contributed by atoms with Crippen LogP contribution in [0.2, 0.25) is 0 Å². The van der Waals surface area contributed by atoms with Gasteiger partial charge in [-0.15, -0.1) is 0 Å². The van der Waals surface area contributed by atoms with Crippen LogP contribution in [0.3, 0.4) is 0 Å². The quantitative estimate of drug-likeness (QED) is 0.423. The van der Waals surface area contributed by atoms with E-state index >= 15 is 0 Å². The lowest BCUT2D eigenvalue weighted by Gasteiger charge is -1.99. The standard InChI is InChI=1S/C9H19NO2.C7H14N2O2.CH4/c1-10-9(12)7-5-3-2-4-6-8-11;1-8-6(10)4-3-5-7(11)9-2;/h11H,2-8H2,1H3,(H,10,12);3-5H2,1-2H3,(H,8,10)(H,9,11);1H4. The van der Waals surface area contributed by atoms with E-state index < -0.39 is 0 Å². The van der Waals surface area contributed by atoms with E-state index in [1.807, 2.05) is 0 Å². The van der Waals surface area contributed by atoms with Crippen molar-refractivity contribution in [2.75, 3.05) is 27.7 Å². The van der Waals surface area contributed by atoms with E-state index in [1.54, 1.807) is 21.1 Å². The van der Waals surface area contributed by atoms with Gasteiger partial charge in [-0.1, -0.05) is 26.7 Å². The SMILES string of the molecule is C.CNC(=O)CCCC(=O)NC.CNC(=O)CCCCCCCO. The summed E-state index contributed by atoms with van der Waals surface area (Å²) in [4.78, 5) is 32.0. The summed E-state index contributed by atoms with van der Waals surface area (Å²) in [5.41, 5.74) is 0. The molecule has 0 saturated heterocycles. The number of hydrogen-bond donors (Lipinski definition) is 4. The summed E-state index contributed by atoms with van der Waals surface area (Å²) in [5, 5.41) is 16.0. The number of aliphatic hydroxyl groups excluding tert-OH is 1. The number of hydrogen-bond acceptors (Lipinski definition) is 4. The van der Waals surface area contributed by atoms with Crippen LogP contribution >= 0.6 is 0 Å². The predicted octanol–water partition coefficient (Wildman–Crippen LogP) is 1.35. The van der Waals surface area contributed by atoms with E-state index in [0.29, 0.717) is 25.7 Å². The zero-order chi connectivity index (χ0) is 17.9. The van der Waals surface area contributed by atoms with Crippen LogP contribution in [0, 0.1) is 0 Å². The first-order valence-corrected chi connectivity index (χ1v) is 8.24. The molecule has 0 bridgehead atoms. The Morgan fingerprint density at radius 1 is 0.625 bits per heavy atom. The predicted molar refractivity (Wildman–Crippen MR) is 97.6 cm³/mol. The molecule has 0 atom stereocenters. The molecule has 0 aromatic rings. The van der Waals surface area contributed by atoms with E-state index in [0.717, 1.165) is 32.1 Å². The van der Waals surface area contributed by atoms with Gasteiger partial charge in [0.15, 0.2) is 0 Å².